The van der Waals surface area contributed by atoms with Crippen molar-refractivity contribution in [3.8, 4) is 32.6 Å². The van der Waals surface area contributed by atoms with Gasteiger partial charge in [0.05, 0.1) is 48.4 Å². The maximum absolute atomic E-state index is 14.7. The van der Waals surface area contributed by atoms with Gasteiger partial charge in [0, 0.05) is 68.7 Å². The van der Waals surface area contributed by atoms with Gasteiger partial charge < -0.3 is 82.0 Å². The fraction of sp³-hybridized carbons (Fsp3) is 0.579. The molecule has 3 saturated heterocycles. The molecule has 7 amide bonds. The molecule has 89 heavy (non-hydrogen) atoms. The van der Waals surface area contributed by atoms with E-state index in [0.717, 1.165) is 47.7 Å². The molecule has 32 heteroatoms. The van der Waals surface area contributed by atoms with Gasteiger partial charge in [-0.25, -0.2) is 5.26 Å². The van der Waals surface area contributed by atoms with Crippen molar-refractivity contribution < 1.29 is 88.1 Å². The largest absolute Gasteiger partial charge is 0.504 e. The lowest BCUT2D eigenvalue weighted by molar-refractivity contribution is -0.433. The van der Waals surface area contributed by atoms with Gasteiger partial charge in [0.15, 0.2) is 16.5 Å². The maximum atomic E-state index is 14.7. The van der Waals surface area contributed by atoms with Crippen LogP contribution in [0.25, 0.3) is 21.1 Å². The highest BCUT2D eigenvalue weighted by Crippen LogP contribution is 2.33. The first-order valence-corrected chi connectivity index (χ1v) is 31.1. The Labute approximate surface area is 521 Å². The molecule has 3 aliphatic rings. The number of nitrogens with two attached hydrogens (primary N) is 1. The molecular weight excluding hydrogens is 1200 g/mol. The standard InChI is InChI=1S/C57H80N12O18S2/c1-4-5-6-7-8-9-10-11-20-67-28-35(25-60-67)55-66-65-54(88-55)34-15-13-33(14-16-34)49(77)61-38-23-36(71)26-59-53(81)47-48(76)30(2)27-69(47)57(83)46(41(74)18-19-58)64-52(80)45(42(75)21-32-12-17-40(73)43(22-32)85-89-87-86-84)63-51(79)39-24-37(72)29-68(39)56(82)44(31(3)70)62-50(38)78/h12-17,22,25,28,30-31,36-39,41-42,44-48,70-76,84H,4-11,18-21,23-24,26-27,29,58H2,1-3H3,(H,59,81)(H,61,77)(H,62,78)(H,63,79)(H,64,80)/t30-,31+,36+,37+,38+,39+,41-,42-,44+,45+,46+,47+,48+/m1/s1. The van der Waals surface area contributed by atoms with Crippen molar-refractivity contribution in [3.63, 3.8) is 0 Å². The molecule has 0 bridgehead atoms. The number of phenolic OH excluding ortho intramolecular Hbond substituents is 1. The summed E-state index contributed by atoms with van der Waals surface area (Å²) in [5.41, 5.74) is 7.34. The van der Waals surface area contributed by atoms with Crippen LogP contribution in [0.3, 0.4) is 0 Å². The van der Waals surface area contributed by atoms with Crippen LogP contribution in [0, 0.1) is 5.92 Å². The number of β-amino-alcohol motifs (C(OH)–C–C–N with tert-alkyl or cyclic N) is 1. The second-order valence-corrected chi connectivity index (χ2v) is 24.0. The van der Waals surface area contributed by atoms with E-state index in [4.69, 9.17) is 15.2 Å². The van der Waals surface area contributed by atoms with Gasteiger partial charge in [0.1, 0.15) is 41.3 Å². The Hall–Kier alpha value is -6.95. The molecule has 7 rings (SSSR count). The van der Waals surface area contributed by atoms with Gasteiger partial charge >= 0.3 is 0 Å². The fourth-order valence-electron chi connectivity index (χ4n) is 10.9. The smallest absolute Gasteiger partial charge is 0.261 e. The highest BCUT2D eigenvalue weighted by Gasteiger charge is 2.50. The second kappa shape index (κ2) is 33.2. The van der Waals surface area contributed by atoms with Crippen molar-refractivity contribution in [3.05, 3.63) is 66.0 Å². The first kappa shape index (κ1) is 69.5. The summed E-state index contributed by atoms with van der Waals surface area (Å²) in [5.74, 6) is -9.29. The van der Waals surface area contributed by atoms with Gasteiger partial charge in [0.25, 0.3) is 18.2 Å². The van der Waals surface area contributed by atoms with Gasteiger partial charge in [-0.2, -0.15) is 5.10 Å². The van der Waals surface area contributed by atoms with Gasteiger partial charge in [-0.05, 0) is 56.1 Å². The van der Waals surface area contributed by atoms with Crippen LogP contribution in [0.4, 0.5) is 0 Å². The summed E-state index contributed by atoms with van der Waals surface area (Å²) in [5, 5.41) is 117. The third-order valence-corrected chi connectivity index (χ3v) is 17.2. The number of carbonyl (C=O) groups excluding carboxylic acids is 7. The Morgan fingerprint density at radius 3 is 2.15 bits per heavy atom. The monoisotopic (exact) mass is 1280 g/mol. The molecular formula is C57H80N12O18S2. The number of unbranched alkanes of at least 4 members (excludes halogenated alkanes) is 7. The molecule has 2 aromatic carbocycles. The van der Waals surface area contributed by atoms with E-state index >= 15 is 0 Å². The van der Waals surface area contributed by atoms with E-state index in [9.17, 15) is 69.3 Å². The van der Waals surface area contributed by atoms with Crippen LogP contribution in [-0.2, 0) is 51.1 Å². The zero-order chi connectivity index (χ0) is 64.5. The van der Waals surface area contributed by atoms with Crippen molar-refractivity contribution in [1.82, 2.24) is 56.4 Å². The molecule has 0 aliphatic carbocycles. The number of hydrogen-bond donors (Lipinski definition) is 14. The summed E-state index contributed by atoms with van der Waals surface area (Å²) >= 11 is 1.39. The lowest BCUT2D eigenvalue weighted by atomic mass is 9.98. The van der Waals surface area contributed by atoms with Gasteiger partial charge in [-0.1, -0.05) is 97.7 Å². The highest BCUT2D eigenvalue weighted by molar-refractivity contribution is 7.90. The summed E-state index contributed by atoms with van der Waals surface area (Å²) in [6, 6.07) is -1.38. The van der Waals surface area contributed by atoms with Crippen molar-refractivity contribution in [2.75, 3.05) is 26.2 Å². The minimum atomic E-state index is -2.10. The minimum Gasteiger partial charge on any atom is -0.504 e. The van der Waals surface area contributed by atoms with E-state index in [1.165, 1.54) is 81.1 Å². The first-order valence-electron chi connectivity index (χ1n) is 29.6. The van der Waals surface area contributed by atoms with Gasteiger partial charge in [0.2, 0.25) is 35.4 Å². The highest BCUT2D eigenvalue weighted by atomic mass is 32.2. The number of phenols is 1. The molecule has 0 radical (unpaired) electrons. The Morgan fingerprint density at radius 1 is 0.798 bits per heavy atom. The van der Waals surface area contributed by atoms with E-state index in [2.05, 4.69) is 58.2 Å². The Morgan fingerprint density at radius 2 is 1.46 bits per heavy atom. The summed E-state index contributed by atoms with van der Waals surface area (Å²) in [6.07, 6.45) is 0.998. The summed E-state index contributed by atoms with van der Waals surface area (Å²) in [6.45, 7) is 3.85. The topological polar surface area (TPSA) is 445 Å². The van der Waals surface area contributed by atoms with Gasteiger partial charge in [-0.3, -0.25) is 38.2 Å². The van der Waals surface area contributed by atoms with E-state index in [-0.39, 0.29) is 48.7 Å². The van der Waals surface area contributed by atoms with Crippen molar-refractivity contribution in [1.29, 1.82) is 0 Å². The zero-order valence-corrected chi connectivity index (χ0v) is 51.1. The minimum absolute atomic E-state index is 0.0305. The van der Waals surface area contributed by atoms with Crippen molar-refractivity contribution in [2.24, 2.45) is 11.7 Å². The fourth-order valence-corrected chi connectivity index (χ4v) is 12.0. The molecule has 3 fully saturated rings. The number of benzene rings is 2. The average molecular weight is 1290 g/mol. The van der Waals surface area contributed by atoms with E-state index in [1.54, 1.807) is 18.3 Å². The Kier molecular flexibility index (Phi) is 25.9. The lowest BCUT2D eigenvalue weighted by Gasteiger charge is -2.34. The van der Waals surface area contributed by atoms with Crippen LogP contribution in [0.15, 0.2) is 54.9 Å². The number of aliphatic hydroxyl groups is 6. The summed E-state index contributed by atoms with van der Waals surface area (Å²) < 4.78 is 11.2. The quantitative estimate of drug-likeness (QED) is 0.0183. The molecule has 13 atom stereocenters. The second-order valence-electron chi connectivity index (χ2n) is 22.6. The zero-order valence-electron chi connectivity index (χ0n) is 49.5. The predicted molar refractivity (Wildman–Crippen MR) is 319 cm³/mol. The number of fused-ring (bicyclic) bond motifs is 2. The SMILES string of the molecule is CCCCCCCCCCn1cc(-c2nnc(-c3ccc(C(=O)N[C@H]4C[C@H](O)CNC(=O)[C@@H]5[C@@H](O)[C@H](C)CN5C(=O)[C@H]([C@H](O)CCN)NC(=O)[C@H]([C@H](O)Cc5ccc(O)c(OSOOO)c5)NC(=O)[C@@H]5C[C@H](O)CN5C(=O)[C@H]([C@H](C)O)NC4=O)cc3)s2)cn1. The van der Waals surface area contributed by atoms with Crippen LogP contribution >= 0.6 is 23.7 Å². The molecule has 4 aromatic rings. The van der Waals surface area contributed by atoms with Crippen LogP contribution in [0.2, 0.25) is 0 Å². The maximum Gasteiger partial charge on any atom is 0.261 e. The number of hydrogen-bond acceptors (Lipinski definition) is 24. The first-order chi connectivity index (χ1) is 42.6. The number of aromatic nitrogens is 4. The molecule has 2 aromatic heterocycles. The Bertz CT molecular complexity index is 3030. The van der Waals surface area contributed by atoms with Gasteiger partial charge in [-0.15, -0.1) is 10.2 Å². The molecule has 488 valence electrons. The number of aliphatic hydroxyl groups excluding tert-OH is 6. The normalized spacial score (nSPS) is 25.2. The van der Waals surface area contributed by atoms with E-state index in [0.29, 0.717) is 15.6 Å². The number of amides is 7. The van der Waals surface area contributed by atoms with Crippen LogP contribution in [0.5, 0.6) is 11.5 Å². The van der Waals surface area contributed by atoms with Crippen molar-refractivity contribution in [2.45, 2.75) is 177 Å². The summed E-state index contributed by atoms with van der Waals surface area (Å²) in [4.78, 5) is 103. The molecule has 5 heterocycles. The third-order valence-electron chi connectivity index (χ3n) is 15.8. The molecule has 3 aliphatic heterocycles. The number of nitrogens with one attached hydrogen (secondary N) is 5. The van der Waals surface area contributed by atoms with E-state index in [1.807, 2.05) is 10.9 Å². The van der Waals surface area contributed by atoms with Crippen LogP contribution in [-0.4, -0.2) is 211 Å². The molecule has 0 unspecified atom stereocenters. The number of rotatable bonds is 24. The molecule has 15 N–H and O–H groups in total. The van der Waals surface area contributed by atoms with E-state index < -0.39 is 158 Å². The number of aromatic hydroxyl groups is 1. The van der Waals surface area contributed by atoms with Crippen LogP contribution < -0.4 is 36.5 Å². The Balaban J connectivity index is 1.15. The summed E-state index contributed by atoms with van der Waals surface area (Å²) in [7, 11) is 0. The number of nitrogens with zero attached hydrogens (tertiary/aromatic N) is 6. The number of carbonyl (C=O) groups is 7. The molecule has 30 nitrogen and oxygen atoms in total. The predicted octanol–water partition coefficient (Wildman–Crippen LogP) is -0.425. The average Bonchev–Trinajstić information content (AvgIpc) is 2.46. The third kappa shape index (κ3) is 18.6. The molecule has 0 spiro atoms. The lowest BCUT2D eigenvalue weighted by Crippen LogP contribution is -2.64. The molecule has 0 saturated carbocycles. The van der Waals surface area contributed by atoms with Crippen molar-refractivity contribution >= 4 is 65.0 Å². The van der Waals surface area contributed by atoms with Crippen LogP contribution in [0.1, 0.15) is 107 Å². The number of aryl methyl sites for hydroxylation is 1.